The van der Waals surface area contributed by atoms with Crippen molar-refractivity contribution < 1.29 is 4.79 Å². The van der Waals surface area contributed by atoms with E-state index in [0.717, 1.165) is 18.3 Å². The summed E-state index contributed by atoms with van der Waals surface area (Å²) in [4.78, 5) is 10.7. The smallest absolute Gasteiger partial charge is 0.150 e. The van der Waals surface area contributed by atoms with E-state index in [9.17, 15) is 4.79 Å². The minimum atomic E-state index is 0.345. The fraction of sp³-hybridized carbons (Fsp3) is 0.0870. The fourth-order valence-electron chi connectivity index (χ4n) is 2.86. The Bertz CT molecular complexity index is 747. The van der Waals surface area contributed by atoms with Crippen LogP contribution in [-0.4, -0.2) is 6.29 Å². The number of hydrogen-bond acceptors (Lipinski definition) is 1. The highest BCUT2D eigenvalue weighted by molar-refractivity contribution is 5.75. The van der Waals surface area contributed by atoms with Gasteiger partial charge in [-0.05, 0) is 23.1 Å². The zero-order valence-electron chi connectivity index (χ0n) is 13.5. The molecule has 24 heavy (non-hydrogen) atoms. The van der Waals surface area contributed by atoms with Gasteiger partial charge in [-0.25, -0.2) is 0 Å². The molecule has 3 rings (SSSR count). The predicted octanol–water partition coefficient (Wildman–Crippen LogP) is 5.73. The first kappa shape index (κ1) is 15.9. The number of benzene rings is 3. The molecule has 0 saturated heterocycles. The van der Waals surface area contributed by atoms with E-state index in [1.807, 2.05) is 24.3 Å². The summed E-state index contributed by atoms with van der Waals surface area (Å²) < 4.78 is 0. The first-order valence-corrected chi connectivity index (χ1v) is 8.18. The van der Waals surface area contributed by atoms with Gasteiger partial charge in [0.15, 0.2) is 0 Å². The van der Waals surface area contributed by atoms with Crippen molar-refractivity contribution >= 4 is 12.4 Å². The fourth-order valence-corrected chi connectivity index (χ4v) is 2.86. The van der Waals surface area contributed by atoms with Gasteiger partial charge in [-0.1, -0.05) is 97.1 Å². The van der Waals surface area contributed by atoms with Gasteiger partial charge in [0.2, 0.25) is 0 Å². The molecule has 0 atom stereocenters. The van der Waals surface area contributed by atoms with Crippen molar-refractivity contribution in [3.8, 4) is 0 Å². The molecular formula is C23H20O. The van der Waals surface area contributed by atoms with Crippen LogP contribution in [0.3, 0.4) is 0 Å². The van der Waals surface area contributed by atoms with Gasteiger partial charge in [0.05, 0.1) is 0 Å². The Hall–Kier alpha value is -2.93. The Balaban J connectivity index is 1.79. The normalized spacial score (nSPS) is 11.0. The number of carbonyl (C=O) groups is 1. The van der Waals surface area contributed by atoms with Crippen LogP contribution in [0.5, 0.6) is 0 Å². The van der Waals surface area contributed by atoms with Crippen molar-refractivity contribution in [3.05, 3.63) is 113 Å². The summed E-state index contributed by atoms with van der Waals surface area (Å²) in [6.45, 7) is 0. The van der Waals surface area contributed by atoms with E-state index in [-0.39, 0.29) is 0 Å². The van der Waals surface area contributed by atoms with Gasteiger partial charge in [0, 0.05) is 11.5 Å². The molecule has 0 amide bonds. The number of allylic oxidation sites excluding steroid dienone is 1. The molecule has 3 aromatic carbocycles. The molecule has 0 heterocycles. The number of hydrogen-bond donors (Lipinski definition) is 0. The molecule has 3 aromatic rings. The lowest BCUT2D eigenvalue weighted by Gasteiger charge is -2.16. The zero-order valence-corrected chi connectivity index (χ0v) is 13.5. The molecule has 1 heteroatoms. The van der Waals surface area contributed by atoms with Crippen LogP contribution in [-0.2, 0) is 0 Å². The van der Waals surface area contributed by atoms with Crippen molar-refractivity contribution in [2.24, 2.45) is 0 Å². The van der Waals surface area contributed by atoms with Crippen LogP contribution in [0.15, 0.2) is 91.0 Å². The molecule has 0 unspecified atom stereocenters. The molecule has 0 aromatic heterocycles. The zero-order chi connectivity index (χ0) is 16.6. The Kier molecular flexibility index (Phi) is 5.36. The van der Waals surface area contributed by atoms with Crippen LogP contribution in [0.2, 0.25) is 0 Å². The monoisotopic (exact) mass is 312 g/mol. The Morgan fingerprint density at radius 2 is 1.17 bits per heavy atom. The number of carbonyl (C=O) groups excluding carboxylic acids is 1. The van der Waals surface area contributed by atoms with E-state index in [0.29, 0.717) is 11.5 Å². The average molecular weight is 312 g/mol. The third-order valence-electron chi connectivity index (χ3n) is 4.16. The van der Waals surface area contributed by atoms with Crippen molar-refractivity contribution in [2.75, 3.05) is 0 Å². The molecule has 0 aliphatic rings. The largest absolute Gasteiger partial charge is 0.298 e. The summed E-state index contributed by atoms with van der Waals surface area (Å²) in [5.74, 6) is 0.345. The summed E-state index contributed by atoms with van der Waals surface area (Å²) in [5.41, 5.74) is 4.47. The SMILES string of the molecule is O=Cc1ccc(C=CCC(c2ccccc2)c2ccccc2)cc1. The minimum absolute atomic E-state index is 0.345. The molecule has 0 radical (unpaired) electrons. The molecule has 0 fully saturated rings. The van der Waals surface area contributed by atoms with Gasteiger partial charge in [-0.2, -0.15) is 0 Å². The van der Waals surface area contributed by atoms with Gasteiger partial charge >= 0.3 is 0 Å². The van der Waals surface area contributed by atoms with Gasteiger partial charge in [-0.15, -0.1) is 0 Å². The van der Waals surface area contributed by atoms with E-state index < -0.39 is 0 Å². The summed E-state index contributed by atoms with van der Waals surface area (Å²) in [6.07, 6.45) is 6.13. The van der Waals surface area contributed by atoms with Crippen LogP contribution in [0.4, 0.5) is 0 Å². The lowest BCUT2D eigenvalue weighted by atomic mass is 9.88. The third-order valence-corrected chi connectivity index (χ3v) is 4.16. The molecular weight excluding hydrogens is 292 g/mol. The second kappa shape index (κ2) is 8.07. The van der Waals surface area contributed by atoms with Crippen LogP contribution in [0.25, 0.3) is 6.08 Å². The third kappa shape index (κ3) is 4.08. The van der Waals surface area contributed by atoms with E-state index in [1.165, 1.54) is 11.1 Å². The van der Waals surface area contributed by atoms with Crippen molar-refractivity contribution in [1.82, 2.24) is 0 Å². The highest BCUT2D eigenvalue weighted by Gasteiger charge is 2.11. The summed E-state index contributed by atoms with van der Waals surface area (Å²) in [6, 6.07) is 28.8. The summed E-state index contributed by atoms with van der Waals surface area (Å²) in [7, 11) is 0. The molecule has 118 valence electrons. The lowest BCUT2D eigenvalue weighted by molar-refractivity contribution is 0.112. The highest BCUT2D eigenvalue weighted by atomic mass is 16.1. The maximum absolute atomic E-state index is 10.7. The second-order valence-electron chi connectivity index (χ2n) is 5.80. The van der Waals surface area contributed by atoms with Crippen LogP contribution < -0.4 is 0 Å². The van der Waals surface area contributed by atoms with E-state index in [4.69, 9.17) is 0 Å². The molecule has 0 bridgehead atoms. The molecule has 0 saturated carbocycles. The summed E-state index contributed by atoms with van der Waals surface area (Å²) in [5, 5.41) is 0. The highest BCUT2D eigenvalue weighted by Crippen LogP contribution is 2.28. The van der Waals surface area contributed by atoms with Crippen molar-refractivity contribution in [2.45, 2.75) is 12.3 Å². The topological polar surface area (TPSA) is 17.1 Å². The molecule has 0 aliphatic heterocycles. The van der Waals surface area contributed by atoms with Gasteiger partial charge in [0.1, 0.15) is 6.29 Å². The number of aldehydes is 1. The molecule has 0 N–H and O–H groups in total. The minimum Gasteiger partial charge on any atom is -0.298 e. The van der Waals surface area contributed by atoms with Gasteiger partial charge in [0.25, 0.3) is 0 Å². The lowest BCUT2D eigenvalue weighted by Crippen LogP contribution is -1.99. The molecule has 0 aliphatic carbocycles. The Morgan fingerprint density at radius 1 is 0.667 bits per heavy atom. The Labute approximate surface area is 143 Å². The maximum Gasteiger partial charge on any atom is 0.150 e. The van der Waals surface area contributed by atoms with Crippen LogP contribution in [0.1, 0.15) is 39.4 Å². The first-order chi connectivity index (χ1) is 11.9. The average Bonchev–Trinajstić information content (AvgIpc) is 2.67. The summed E-state index contributed by atoms with van der Waals surface area (Å²) >= 11 is 0. The standard InChI is InChI=1S/C23H20O/c24-18-20-16-14-19(15-17-20)8-7-13-23(21-9-3-1-4-10-21)22-11-5-2-6-12-22/h1-12,14-18,23H,13H2. The Morgan fingerprint density at radius 3 is 1.67 bits per heavy atom. The van der Waals surface area contributed by atoms with Crippen LogP contribution >= 0.6 is 0 Å². The van der Waals surface area contributed by atoms with Crippen molar-refractivity contribution in [1.29, 1.82) is 0 Å². The first-order valence-electron chi connectivity index (χ1n) is 8.18. The second-order valence-corrected chi connectivity index (χ2v) is 5.80. The van der Waals surface area contributed by atoms with Crippen LogP contribution in [0, 0.1) is 0 Å². The molecule has 1 nitrogen and oxygen atoms in total. The van der Waals surface area contributed by atoms with E-state index in [1.54, 1.807) is 0 Å². The predicted molar refractivity (Wildman–Crippen MR) is 100 cm³/mol. The van der Waals surface area contributed by atoms with Gasteiger partial charge in [-0.3, -0.25) is 4.79 Å². The molecule has 0 spiro atoms. The van der Waals surface area contributed by atoms with E-state index in [2.05, 4.69) is 72.8 Å². The van der Waals surface area contributed by atoms with Crippen molar-refractivity contribution in [3.63, 3.8) is 0 Å². The quantitative estimate of drug-likeness (QED) is 0.531. The van der Waals surface area contributed by atoms with E-state index >= 15 is 0 Å². The van der Waals surface area contributed by atoms with Gasteiger partial charge < -0.3 is 0 Å². The number of rotatable bonds is 6. The maximum atomic E-state index is 10.7.